The van der Waals surface area contributed by atoms with Gasteiger partial charge in [-0.3, -0.25) is 0 Å². The Balaban J connectivity index is 2.79. The molecular formula is C12H20F3N5. The Hall–Kier alpha value is -1.57. The van der Waals surface area contributed by atoms with Gasteiger partial charge in [-0.05, 0) is 20.0 Å². The first-order valence-electron chi connectivity index (χ1n) is 6.46. The van der Waals surface area contributed by atoms with Crippen LogP contribution in [-0.4, -0.2) is 40.5 Å². The van der Waals surface area contributed by atoms with E-state index in [1.165, 1.54) is 6.07 Å². The second-order valence-corrected chi connectivity index (χ2v) is 4.53. The highest BCUT2D eigenvalue weighted by molar-refractivity contribution is 5.45. The Kier molecular flexibility index (Phi) is 5.55. The molecule has 1 heterocycles. The zero-order valence-corrected chi connectivity index (χ0v) is 11.8. The molecule has 0 aliphatic heterocycles. The van der Waals surface area contributed by atoms with Crippen LogP contribution in [0.1, 0.15) is 26.6 Å². The number of hydrogen-bond donors (Lipinski definition) is 2. The van der Waals surface area contributed by atoms with Gasteiger partial charge in [-0.2, -0.15) is 13.2 Å². The molecule has 5 nitrogen and oxygen atoms in total. The van der Waals surface area contributed by atoms with Crippen molar-refractivity contribution in [2.45, 2.75) is 33.0 Å². The molecule has 0 aliphatic carbocycles. The van der Waals surface area contributed by atoms with E-state index < -0.39 is 12.0 Å². The molecule has 1 atom stereocenters. The predicted octanol–water partition coefficient (Wildman–Crippen LogP) is 2.22. The maximum Gasteiger partial charge on any atom is 0.451 e. The highest BCUT2D eigenvalue weighted by Crippen LogP contribution is 2.27. The van der Waals surface area contributed by atoms with Crippen molar-refractivity contribution in [3.8, 4) is 0 Å². The first kappa shape index (κ1) is 16.5. The highest BCUT2D eigenvalue weighted by atomic mass is 19.4. The number of nitrogens with two attached hydrogens (primary N) is 1. The van der Waals surface area contributed by atoms with Crippen molar-refractivity contribution < 1.29 is 13.2 Å². The van der Waals surface area contributed by atoms with Gasteiger partial charge in [0.15, 0.2) is 0 Å². The molecule has 1 aromatic rings. The van der Waals surface area contributed by atoms with Gasteiger partial charge in [-0.1, -0.05) is 13.8 Å². The Labute approximate surface area is 116 Å². The van der Waals surface area contributed by atoms with Crippen molar-refractivity contribution in [1.82, 2.24) is 14.9 Å². The summed E-state index contributed by atoms with van der Waals surface area (Å²) < 4.78 is 37.8. The lowest BCUT2D eigenvalue weighted by Gasteiger charge is -2.24. The summed E-state index contributed by atoms with van der Waals surface area (Å²) in [7, 11) is 0. The number of alkyl halides is 3. The van der Waals surface area contributed by atoms with E-state index in [4.69, 9.17) is 5.73 Å². The van der Waals surface area contributed by atoms with Crippen molar-refractivity contribution >= 4 is 11.6 Å². The molecular weight excluding hydrogens is 271 g/mol. The molecule has 0 aromatic carbocycles. The maximum absolute atomic E-state index is 12.6. The van der Waals surface area contributed by atoms with E-state index >= 15 is 0 Å². The number of aromatic nitrogens is 2. The van der Waals surface area contributed by atoms with Crippen molar-refractivity contribution in [2.24, 2.45) is 0 Å². The largest absolute Gasteiger partial charge is 0.451 e. The molecule has 1 unspecified atom stereocenters. The molecule has 0 saturated heterocycles. The van der Waals surface area contributed by atoms with E-state index in [9.17, 15) is 13.2 Å². The first-order chi connectivity index (χ1) is 9.26. The van der Waals surface area contributed by atoms with E-state index in [-0.39, 0.29) is 17.7 Å². The third-order valence-corrected chi connectivity index (χ3v) is 2.82. The summed E-state index contributed by atoms with van der Waals surface area (Å²) in [6.45, 7) is 8.40. The van der Waals surface area contributed by atoms with Gasteiger partial charge in [-0.15, -0.1) is 0 Å². The second kappa shape index (κ2) is 6.74. The van der Waals surface area contributed by atoms with Gasteiger partial charge >= 0.3 is 6.18 Å². The summed E-state index contributed by atoms with van der Waals surface area (Å²) in [5.74, 6) is -1.34. The van der Waals surface area contributed by atoms with Gasteiger partial charge < -0.3 is 16.0 Å². The zero-order valence-electron chi connectivity index (χ0n) is 11.8. The van der Waals surface area contributed by atoms with Crippen LogP contribution in [0.2, 0.25) is 0 Å². The number of hydrogen-bond acceptors (Lipinski definition) is 5. The minimum Gasteiger partial charge on any atom is -0.384 e. The minimum absolute atomic E-state index is 0.0507. The number of halogens is 3. The van der Waals surface area contributed by atoms with Crippen molar-refractivity contribution in [1.29, 1.82) is 0 Å². The number of rotatable bonds is 6. The summed E-state index contributed by atoms with van der Waals surface area (Å²) in [6.07, 6.45) is -4.60. The quantitative estimate of drug-likeness (QED) is 0.841. The van der Waals surface area contributed by atoms with Crippen LogP contribution in [0.25, 0.3) is 0 Å². The number of likely N-dealkylation sites (N-methyl/N-ethyl adjacent to an activating group) is 1. The number of anilines is 2. The molecule has 1 rings (SSSR count). The Bertz CT molecular complexity index is 432. The average molecular weight is 291 g/mol. The molecule has 1 aromatic heterocycles. The third kappa shape index (κ3) is 4.84. The van der Waals surface area contributed by atoms with E-state index in [1.54, 1.807) is 0 Å². The molecule has 0 aliphatic rings. The molecule has 0 radical (unpaired) electrons. The van der Waals surface area contributed by atoms with Crippen LogP contribution in [-0.2, 0) is 6.18 Å². The second-order valence-electron chi connectivity index (χ2n) is 4.53. The first-order valence-corrected chi connectivity index (χ1v) is 6.46. The summed E-state index contributed by atoms with van der Waals surface area (Å²) in [4.78, 5) is 8.81. The Morgan fingerprint density at radius 1 is 1.30 bits per heavy atom. The van der Waals surface area contributed by atoms with Gasteiger partial charge in [0.1, 0.15) is 11.6 Å². The molecule has 3 N–H and O–H groups in total. The van der Waals surface area contributed by atoms with Crippen molar-refractivity contribution in [3.05, 3.63) is 11.9 Å². The maximum atomic E-state index is 12.6. The van der Waals surface area contributed by atoms with Crippen LogP contribution in [0.4, 0.5) is 24.8 Å². The fourth-order valence-corrected chi connectivity index (χ4v) is 1.83. The molecule has 20 heavy (non-hydrogen) atoms. The summed E-state index contributed by atoms with van der Waals surface area (Å²) in [6, 6.07) is 1.25. The summed E-state index contributed by atoms with van der Waals surface area (Å²) in [5.41, 5.74) is 5.38. The van der Waals surface area contributed by atoms with E-state index in [0.29, 0.717) is 6.54 Å². The molecule has 0 bridgehead atoms. The smallest absolute Gasteiger partial charge is 0.384 e. The standard InChI is InChI=1S/C12H20F3N5/c1-4-20(5-2)7-8(3)17-10-6-9(16)18-11(19-10)12(13,14)15/h6,8H,4-5,7H2,1-3H3,(H3,16,17,18,19). The van der Waals surface area contributed by atoms with Crippen LogP contribution in [0.15, 0.2) is 6.07 Å². The van der Waals surface area contributed by atoms with E-state index in [0.717, 1.165) is 13.1 Å². The SMILES string of the molecule is CCN(CC)CC(C)Nc1cc(N)nc(C(F)(F)F)n1. The molecule has 114 valence electrons. The van der Waals surface area contributed by atoms with E-state index in [2.05, 4.69) is 20.2 Å². The lowest BCUT2D eigenvalue weighted by Crippen LogP contribution is -2.35. The number of nitrogen functional groups attached to an aromatic ring is 1. The monoisotopic (exact) mass is 291 g/mol. The van der Waals surface area contributed by atoms with Crippen LogP contribution in [0.3, 0.4) is 0 Å². The summed E-state index contributed by atoms with van der Waals surface area (Å²) in [5, 5.41) is 2.92. The topological polar surface area (TPSA) is 67.1 Å². The Morgan fingerprint density at radius 2 is 1.90 bits per heavy atom. The highest BCUT2D eigenvalue weighted by Gasteiger charge is 2.35. The zero-order chi connectivity index (χ0) is 15.3. The number of nitrogens with one attached hydrogen (secondary N) is 1. The van der Waals surface area contributed by atoms with Crippen molar-refractivity contribution in [2.75, 3.05) is 30.7 Å². The molecule has 0 fully saturated rings. The number of nitrogens with zero attached hydrogens (tertiary/aromatic N) is 3. The van der Waals surface area contributed by atoms with Gasteiger partial charge in [-0.25, -0.2) is 9.97 Å². The lowest BCUT2D eigenvalue weighted by molar-refractivity contribution is -0.144. The fraction of sp³-hybridized carbons (Fsp3) is 0.667. The molecule has 8 heteroatoms. The normalized spacial score (nSPS) is 13.6. The lowest BCUT2D eigenvalue weighted by atomic mass is 10.3. The van der Waals surface area contributed by atoms with Crippen LogP contribution < -0.4 is 11.1 Å². The third-order valence-electron chi connectivity index (χ3n) is 2.82. The van der Waals surface area contributed by atoms with Gasteiger partial charge in [0.25, 0.3) is 0 Å². The van der Waals surface area contributed by atoms with Crippen LogP contribution >= 0.6 is 0 Å². The van der Waals surface area contributed by atoms with Crippen LogP contribution in [0, 0.1) is 0 Å². The molecule has 0 spiro atoms. The Morgan fingerprint density at radius 3 is 2.40 bits per heavy atom. The average Bonchev–Trinajstić information content (AvgIpc) is 2.34. The van der Waals surface area contributed by atoms with Gasteiger partial charge in [0.2, 0.25) is 5.82 Å². The predicted molar refractivity (Wildman–Crippen MR) is 72.3 cm³/mol. The van der Waals surface area contributed by atoms with Crippen LogP contribution in [0.5, 0.6) is 0 Å². The van der Waals surface area contributed by atoms with Gasteiger partial charge in [0, 0.05) is 18.7 Å². The fourth-order valence-electron chi connectivity index (χ4n) is 1.83. The van der Waals surface area contributed by atoms with E-state index in [1.807, 2.05) is 20.8 Å². The van der Waals surface area contributed by atoms with Crippen molar-refractivity contribution in [3.63, 3.8) is 0 Å². The summed E-state index contributed by atoms with van der Waals surface area (Å²) >= 11 is 0. The minimum atomic E-state index is -4.60. The molecule has 0 amide bonds. The molecule has 0 saturated carbocycles. The van der Waals surface area contributed by atoms with Gasteiger partial charge in [0.05, 0.1) is 0 Å².